The predicted octanol–water partition coefficient (Wildman–Crippen LogP) is 3.95. The summed E-state index contributed by atoms with van der Waals surface area (Å²) in [5.74, 6) is 0. The van der Waals surface area contributed by atoms with Crippen molar-refractivity contribution in [2.45, 2.75) is 51.9 Å². The van der Waals surface area contributed by atoms with Gasteiger partial charge in [-0.1, -0.05) is 43.2 Å². The van der Waals surface area contributed by atoms with Crippen molar-refractivity contribution in [2.24, 2.45) is 0 Å². The van der Waals surface area contributed by atoms with Crippen LogP contribution in [0.1, 0.15) is 44.6 Å². The van der Waals surface area contributed by atoms with E-state index < -0.39 is 0 Å². The summed E-state index contributed by atoms with van der Waals surface area (Å²) in [6, 6.07) is 9.76. The van der Waals surface area contributed by atoms with Crippen molar-refractivity contribution < 1.29 is 14.3 Å². The van der Waals surface area contributed by atoms with Gasteiger partial charge in [-0.15, -0.1) is 0 Å². The van der Waals surface area contributed by atoms with Crippen molar-refractivity contribution >= 4 is 6.09 Å². The Labute approximate surface area is 127 Å². The third-order valence-corrected chi connectivity index (χ3v) is 3.75. The summed E-state index contributed by atoms with van der Waals surface area (Å²) in [4.78, 5) is 14.1. The first-order valence-corrected chi connectivity index (χ1v) is 7.90. The molecule has 116 valence electrons. The van der Waals surface area contributed by atoms with Gasteiger partial charge >= 0.3 is 6.09 Å². The number of hydrogen-bond acceptors (Lipinski definition) is 3. The molecule has 1 aromatic carbocycles. The summed E-state index contributed by atoms with van der Waals surface area (Å²) >= 11 is 0. The Kier molecular flexibility index (Phi) is 6.54. The quantitative estimate of drug-likeness (QED) is 0.843. The van der Waals surface area contributed by atoms with Crippen molar-refractivity contribution in [2.75, 3.05) is 13.2 Å². The molecular formula is C17H25NO3. The minimum atomic E-state index is -0.265. The van der Waals surface area contributed by atoms with E-state index in [2.05, 4.69) is 0 Å². The van der Waals surface area contributed by atoms with E-state index >= 15 is 0 Å². The van der Waals surface area contributed by atoms with Crippen LogP contribution in [-0.2, 0) is 16.1 Å². The van der Waals surface area contributed by atoms with E-state index in [1.807, 2.05) is 37.3 Å². The number of amides is 1. The first-order valence-electron chi connectivity index (χ1n) is 7.90. The average molecular weight is 291 g/mol. The molecule has 4 heteroatoms. The van der Waals surface area contributed by atoms with Crippen LogP contribution in [0, 0.1) is 0 Å². The van der Waals surface area contributed by atoms with Gasteiger partial charge < -0.3 is 9.47 Å². The molecule has 1 aromatic rings. The first-order chi connectivity index (χ1) is 10.3. The van der Waals surface area contributed by atoms with Crippen LogP contribution in [-0.4, -0.2) is 30.4 Å². The molecule has 0 N–H and O–H groups in total. The summed E-state index contributed by atoms with van der Waals surface area (Å²) < 4.78 is 11.2. The molecular weight excluding hydrogens is 266 g/mol. The average Bonchev–Trinajstić information content (AvgIpc) is 2.49. The summed E-state index contributed by atoms with van der Waals surface area (Å²) in [6.45, 7) is 3.62. The number of rotatable bonds is 4. The molecule has 0 saturated carbocycles. The minimum absolute atomic E-state index is 0.140. The third kappa shape index (κ3) is 5.05. The predicted molar refractivity (Wildman–Crippen MR) is 81.8 cm³/mol. The zero-order valence-corrected chi connectivity index (χ0v) is 12.8. The molecule has 1 unspecified atom stereocenters. The van der Waals surface area contributed by atoms with Gasteiger partial charge in [0.15, 0.2) is 0 Å². The van der Waals surface area contributed by atoms with E-state index in [1.165, 1.54) is 12.8 Å². The monoisotopic (exact) mass is 291 g/mol. The summed E-state index contributed by atoms with van der Waals surface area (Å²) in [6.07, 6.45) is 5.00. The molecule has 4 nitrogen and oxygen atoms in total. The fourth-order valence-electron chi connectivity index (χ4n) is 2.63. The van der Waals surface area contributed by atoms with E-state index in [-0.39, 0.29) is 12.3 Å². The van der Waals surface area contributed by atoms with E-state index in [0.717, 1.165) is 31.4 Å². The molecule has 21 heavy (non-hydrogen) atoms. The van der Waals surface area contributed by atoms with E-state index in [0.29, 0.717) is 13.2 Å². The lowest BCUT2D eigenvalue weighted by Gasteiger charge is -2.32. The van der Waals surface area contributed by atoms with Gasteiger partial charge in [-0.2, -0.15) is 0 Å². The number of benzene rings is 1. The lowest BCUT2D eigenvalue weighted by Crippen LogP contribution is -2.43. The number of hydrogen-bond donors (Lipinski definition) is 0. The highest BCUT2D eigenvalue weighted by Crippen LogP contribution is 2.19. The van der Waals surface area contributed by atoms with Gasteiger partial charge in [-0.25, -0.2) is 4.79 Å². The highest BCUT2D eigenvalue weighted by molar-refractivity contribution is 5.67. The number of likely N-dealkylation sites (tertiary alicyclic amines) is 1. The van der Waals surface area contributed by atoms with E-state index in [1.54, 1.807) is 4.90 Å². The van der Waals surface area contributed by atoms with Gasteiger partial charge in [-0.05, 0) is 31.7 Å². The Morgan fingerprint density at radius 2 is 1.95 bits per heavy atom. The zero-order valence-electron chi connectivity index (χ0n) is 12.8. The lowest BCUT2D eigenvalue weighted by atomic mass is 10.1. The zero-order chi connectivity index (χ0) is 14.9. The van der Waals surface area contributed by atoms with Crippen LogP contribution in [0.5, 0.6) is 0 Å². The summed E-state index contributed by atoms with van der Waals surface area (Å²) in [7, 11) is 0. The standard InChI is InChI=1S/C17H25NO3/c1-2-20-16-12-8-3-4-9-13-18(16)17(19)21-14-15-10-6-5-7-11-15/h5-7,10-11,16H,2-4,8-9,12-14H2,1H3. The second kappa shape index (κ2) is 8.67. The molecule has 0 aliphatic carbocycles. The SMILES string of the molecule is CCOC1CCCCCCN1C(=O)OCc1ccccc1. The van der Waals surface area contributed by atoms with Crippen LogP contribution in [0.25, 0.3) is 0 Å². The van der Waals surface area contributed by atoms with Gasteiger partial charge in [0.1, 0.15) is 12.8 Å². The van der Waals surface area contributed by atoms with Crippen LogP contribution in [0.3, 0.4) is 0 Å². The Bertz CT molecular complexity index is 421. The minimum Gasteiger partial charge on any atom is -0.444 e. The molecule has 1 aliphatic rings. The summed E-state index contributed by atoms with van der Waals surface area (Å²) in [5.41, 5.74) is 1.01. The Balaban J connectivity index is 1.92. The topological polar surface area (TPSA) is 38.8 Å². The van der Waals surface area contributed by atoms with Crippen molar-refractivity contribution in [1.82, 2.24) is 4.90 Å². The fourth-order valence-corrected chi connectivity index (χ4v) is 2.63. The lowest BCUT2D eigenvalue weighted by molar-refractivity contribution is -0.0590. The highest BCUT2D eigenvalue weighted by atomic mass is 16.6. The van der Waals surface area contributed by atoms with Gasteiger partial charge in [0.2, 0.25) is 0 Å². The molecule has 2 rings (SSSR count). The number of carbonyl (C=O) groups is 1. The second-order valence-electron chi connectivity index (χ2n) is 5.35. The van der Waals surface area contributed by atoms with Gasteiger partial charge in [-0.3, -0.25) is 4.90 Å². The second-order valence-corrected chi connectivity index (χ2v) is 5.35. The number of ether oxygens (including phenoxy) is 2. The van der Waals surface area contributed by atoms with Crippen molar-refractivity contribution in [3.63, 3.8) is 0 Å². The van der Waals surface area contributed by atoms with Gasteiger partial charge in [0, 0.05) is 13.2 Å². The van der Waals surface area contributed by atoms with E-state index in [9.17, 15) is 4.79 Å². The summed E-state index contributed by atoms with van der Waals surface area (Å²) in [5, 5.41) is 0. The van der Waals surface area contributed by atoms with Crippen molar-refractivity contribution in [1.29, 1.82) is 0 Å². The molecule has 1 heterocycles. The Hall–Kier alpha value is -1.55. The van der Waals surface area contributed by atoms with E-state index in [4.69, 9.17) is 9.47 Å². The molecule has 0 spiro atoms. The molecule has 0 bridgehead atoms. The first kappa shape index (κ1) is 15.8. The highest BCUT2D eigenvalue weighted by Gasteiger charge is 2.26. The largest absolute Gasteiger partial charge is 0.444 e. The molecule has 1 saturated heterocycles. The van der Waals surface area contributed by atoms with Gasteiger partial charge in [0.25, 0.3) is 0 Å². The smallest absolute Gasteiger partial charge is 0.412 e. The molecule has 1 fully saturated rings. The maximum Gasteiger partial charge on any atom is 0.412 e. The van der Waals surface area contributed by atoms with Gasteiger partial charge in [0.05, 0.1) is 0 Å². The maximum absolute atomic E-state index is 12.3. The van der Waals surface area contributed by atoms with Crippen molar-refractivity contribution in [3.8, 4) is 0 Å². The third-order valence-electron chi connectivity index (χ3n) is 3.75. The fraction of sp³-hybridized carbons (Fsp3) is 0.588. The molecule has 0 radical (unpaired) electrons. The van der Waals surface area contributed by atoms with Crippen molar-refractivity contribution in [3.05, 3.63) is 35.9 Å². The Morgan fingerprint density at radius 3 is 2.71 bits per heavy atom. The number of carbonyl (C=O) groups excluding carboxylic acids is 1. The molecule has 1 amide bonds. The molecule has 0 aromatic heterocycles. The van der Waals surface area contributed by atoms with Crippen LogP contribution in [0.4, 0.5) is 4.79 Å². The van der Waals surface area contributed by atoms with Crippen LogP contribution in [0.15, 0.2) is 30.3 Å². The normalized spacial score (nSPS) is 19.7. The molecule has 1 aliphatic heterocycles. The van der Waals surface area contributed by atoms with Crippen LogP contribution < -0.4 is 0 Å². The molecule has 1 atom stereocenters. The van der Waals surface area contributed by atoms with Crippen LogP contribution >= 0.6 is 0 Å². The number of nitrogens with zero attached hydrogens (tertiary/aromatic N) is 1. The Morgan fingerprint density at radius 1 is 1.19 bits per heavy atom. The van der Waals surface area contributed by atoms with Crippen LogP contribution in [0.2, 0.25) is 0 Å². The maximum atomic E-state index is 12.3.